The predicted molar refractivity (Wildman–Crippen MR) is 76.5 cm³/mol. The highest BCUT2D eigenvalue weighted by atomic mass is 16.5. The third-order valence-electron chi connectivity index (χ3n) is 4.27. The number of anilines is 1. The molecule has 5 heteroatoms. The molecule has 1 aromatic heterocycles. The van der Waals surface area contributed by atoms with Gasteiger partial charge in [-0.2, -0.15) is 0 Å². The van der Waals surface area contributed by atoms with Gasteiger partial charge in [0.15, 0.2) is 0 Å². The highest BCUT2D eigenvalue weighted by Gasteiger charge is 2.25. The summed E-state index contributed by atoms with van der Waals surface area (Å²) >= 11 is 0. The third-order valence-corrected chi connectivity index (χ3v) is 4.27. The fraction of sp³-hybridized carbons (Fsp3) is 0.733. The Morgan fingerprint density at radius 1 is 1.15 bits per heavy atom. The minimum atomic E-state index is -0.0310. The summed E-state index contributed by atoms with van der Waals surface area (Å²) in [6.45, 7) is 1.84. The Kier molecular flexibility index (Phi) is 4.47. The topological polar surface area (TPSA) is 58.5 Å². The quantitative estimate of drug-likeness (QED) is 0.911. The van der Waals surface area contributed by atoms with Gasteiger partial charge in [-0.1, -0.05) is 12.8 Å². The van der Waals surface area contributed by atoms with Gasteiger partial charge in [0, 0.05) is 19.3 Å². The molecule has 0 spiro atoms. The molecule has 0 bridgehead atoms. The Balaban J connectivity index is 1.52. The fourth-order valence-electron chi connectivity index (χ4n) is 3.11. The molecular formula is C15H23N3O2. The van der Waals surface area contributed by atoms with E-state index in [0.29, 0.717) is 17.9 Å². The number of aliphatic hydroxyl groups is 1. The summed E-state index contributed by atoms with van der Waals surface area (Å²) in [4.78, 5) is 10.9. The summed E-state index contributed by atoms with van der Waals surface area (Å²) in [5.41, 5.74) is 0.680. The molecule has 0 unspecified atom stereocenters. The molecule has 2 fully saturated rings. The zero-order valence-corrected chi connectivity index (χ0v) is 11.9. The van der Waals surface area contributed by atoms with E-state index in [2.05, 4.69) is 14.9 Å². The van der Waals surface area contributed by atoms with E-state index in [4.69, 9.17) is 9.84 Å². The Morgan fingerprint density at radius 2 is 1.85 bits per heavy atom. The second-order valence-electron chi connectivity index (χ2n) is 5.74. The molecule has 20 heavy (non-hydrogen) atoms. The lowest BCUT2D eigenvalue weighted by Crippen LogP contribution is -2.39. The van der Waals surface area contributed by atoms with Crippen LogP contribution in [0.15, 0.2) is 12.3 Å². The lowest BCUT2D eigenvalue weighted by Gasteiger charge is -2.33. The first-order chi connectivity index (χ1) is 9.85. The zero-order valence-electron chi connectivity index (χ0n) is 11.9. The van der Waals surface area contributed by atoms with E-state index in [1.165, 1.54) is 25.7 Å². The maximum absolute atomic E-state index is 9.13. The molecule has 2 aliphatic rings. The molecule has 1 aliphatic carbocycles. The van der Waals surface area contributed by atoms with Crippen LogP contribution in [0.2, 0.25) is 0 Å². The molecule has 0 aromatic carbocycles. The fourth-order valence-corrected chi connectivity index (χ4v) is 3.11. The Morgan fingerprint density at radius 3 is 2.55 bits per heavy atom. The van der Waals surface area contributed by atoms with Gasteiger partial charge in [0.2, 0.25) is 5.95 Å². The predicted octanol–water partition coefficient (Wildman–Crippen LogP) is 1.90. The van der Waals surface area contributed by atoms with E-state index in [1.54, 1.807) is 12.3 Å². The highest BCUT2D eigenvalue weighted by molar-refractivity contribution is 5.30. The molecule has 1 saturated carbocycles. The van der Waals surface area contributed by atoms with Gasteiger partial charge < -0.3 is 14.7 Å². The van der Waals surface area contributed by atoms with Crippen LogP contribution in [0.1, 0.15) is 44.2 Å². The molecular weight excluding hydrogens is 254 g/mol. The van der Waals surface area contributed by atoms with E-state index < -0.39 is 0 Å². The molecule has 0 amide bonds. The normalized spacial score (nSPS) is 21.6. The van der Waals surface area contributed by atoms with Crippen LogP contribution in [0.25, 0.3) is 0 Å². The van der Waals surface area contributed by atoms with Gasteiger partial charge in [-0.15, -0.1) is 0 Å². The van der Waals surface area contributed by atoms with Crippen LogP contribution in [0, 0.1) is 0 Å². The van der Waals surface area contributed by atoms with E-state index in [-0.39, 0.29) is 6.61 Å². The van der Waals surface area contributed by atoms with Gasteiger partial charge in [0.25, 0.3) is 0 Å². The molecule has 1 aliphatic heterocycles. The van der Waals surface area contributed by atoms with Crippen LogP contribution in [0.5, 0.6) is 0 Å². The van der Waals surface area contributed by atoms with E-state index >= 15 is 0 Å². The number of aromatic nitrogens is 2. The number of hydrogen-bond acceptors (Lipinski definition) is 5. The molecule has 0 radical (unpaired) electrons. The van der Waals surface area contributed by atoms with Crippen LogP contribution < -0.4 is 4.90 Å². The van der Waals surface area contributed by atoms with Crippen molar-refractivity contribution < 1.29 is 9.84 Å². The molecule has 1 N–H and O–H groups in total. The zero-order chi connectivity index (χ0) is 13.8. The van der Waals surface area contributed by atoms with Gasteiger partial charge in [-0.3, -0.25) is 0 Å². The highest BCUT2D eigenvalue weighted by Crippen LogP contribution is 2.26. The van der Waals surface area contributed by atoms with Gasteiger partial charge in [-0.05, 0) is 31.7 Å². The number of ether oxygens (including phenoxy) is 1. The van der Waals surface area contributed by atoms with E-state index in [0.717, 1.165) is 31.9 Å². The van der Waals surface area contributed by atoms with Crippen molar-refractivity contribution in [2.75, 3.05) is 18.0 Å². The van der Waals surface area contributed by atoms with Crippen molar-refractivity contribution >= 4 is 5.95 Å². The summed E-state index contributed by atoms with van der Waals surface area (Å²) < 4.78 is 6.17. The largest absolute Gasteiger partial charge is 0.390 e. The van der Waals surface area contributed by atoms with Crippen molar-refractivity contribution in [1.29, 1.82) is 0 Å². The lowest BCUT2D eigenvalue weighted by molar-refractivity contribution is -0.0195. The van der Waals surface area contributed by atoms with Crippen molar-refractivity contribution in [2.45, 2.75) is 57.3 Å². The van der Waals surface area contributed by atoms with Crippen molar-refractivity contribution in [3.63, 3.8) is 0 Å². The first-order valence-electron chi connectivity index (χ1n) is 7.68. The first-order valence-corrected chi connectivity index (χ1v) is 7.68. The minimum absolute atomic E-state index is 0.0310. The van der Waals surface area contributed by atoms with Crippen molar-refractivity contribution in [3.05, 3.63) is 18.0 Å². The molecule has 110 valence electrons. The van der Waals surface area contributed by atoms with Crippen LogP contribution in [-0.4, -0.2) is 40.4 Å². The maximum atomic E-state index is 9.13. The second-order valence-corrected chi connectivity index (χ2v) is 5.74. The number of nitrogens with zero attached hydrogens (tertiary/aromatic N) is 3. The molecule has 0 atom stereocenters. The molecule has 1 saturated heterocycles. The van der Waals surface area contributed by atoms with Gasteiger partial charge in [0.05, 0.1) is 24.5 Å². The van der Waals surface area contributed by atoms with Crippen LogP contribution in [0.4, 0.5) is 5.95 Å². The Labute approximate surface area is 120 Å². The standard InChI is InChI=1S/C15H23N3O2/c19-11-12-5-8-16-15(17-12)18-9-6-14(7-10-18)20-13-3-1-2-4-13/h5,8,13-14,19H,1-4,6-7,9-11H2. The Hall–Kier alpha value is -1.20. The number of aliphatic hydroxyl groups excluding tert-OH is 1. The summed E-state index contributed by atoms with van der Waals surface area (Å²) in [5, 5.41) is 9.13. The van der Waals surface area contributed by atoms with Gasteiger partial charge >= 0.3 is 0 Å². The summed E-state index contributed by atoms with van der Waals surface area (Å²) in [6, 6.07) is 1.75. The van der Waals surface area contributed by atoms with E-state index in [9.17, 15) is 0 Å². The molecule has 3 rings (SSSR count). The lowest BCUT2D eigenvalue weighted by atomic mass is 10.1. The van der Waals surface area contributed by atoms with E-state index in [1.807, 2.05) is 0 Å². The smallest absolute Gasteiger partial charge is 0.225 e. The second kappa shape index (κ2) is 6.50. The molecule has 5 nitrogen and oxygen atoms in total. The summed E-state index contributed by atoms with van der Waals surface area (Å²) in [6.07, 6.45) is 9.83. The van der Waals surface area contributed by atoms with Crippen molar-refractivity contribution in [3.8, 4) is 0 Å². The Bertz CT molecular complexity index is 427. The number of hydrogen-bond donors (Lipinski definition) is 1. The monoisotopic (exact) mass is 277 g/mol. The number of rotatable bonds is 4. The first kappa shape index (κ1) is 13.8. The molecule has 2 heterocycles. The summed E-state index contributed by atoms with van der Waals surface area (Å²) in [7, 11) is 0. The minimum Gasteiger partial charge on any atom is -0.390 e. The summed E-state index contributed by atoms with van der Waals surface area (Å²) in [5.74, 6) is 0.732. The van der Waals surface area contributed by atoms with Gasteiger partial charge in [-0.25, -0.2) is 9.97 Å². The molecule has 1 aromatic rings. The maximum Gasteiger partial charge on any atom is 0.225 e. The average molecular weight is 277 g/mol. The SMILES string of the molecule is OCc1ccnc(N2CCC(OC3CCCC3)CC2)n1. The van der Waals surface area contributed by atoms with Crippen molar-refractivity contribution in [1.82, 2.24) is 9.97 Å². The number of piperidine rings is 1. The third kappa shape index (κ3) is 3.27. The van der Waals surface area contributed by atoms with Gasteiger partial charge in [0.1, 0.15) is 0 Å². The average Bonchev–Trinajstić information content (AvgIpc) is 3.01. The van der Waals surface area contributed by atoms with Crippen molar-refractivity contribution in [2.24, 2.45) is 0 Å². The van der Waals surface area contributed by atoms with Crippen LogP contribution in [0.3, 0.4) is 0 Å². The van der Waals surface area contributed by atoms with Crippen LogP contribution in [-0.2, 0) is 11.3 Å². The van der Waals surface area contributed by atoms with Crippen LogP contribution >= 0.6 is 0 Å².